The van der Waals surface area contributed by atoms with Crippen molar-refractivity contribution in [2.24, 2.45) is 4.99 Å². The minimum absolute atomic E-state index is 0.191. The van der Waals surface area contributed by atoms with E-state index in [0.717, 1.165) is 28.2 Å². The van der Waals surface area contributed by atoms with Gasteiger partial charge in [-0.2, -0.15) is 0 Å². The molecule has 1 atom stereocenters. The van der Waals surface area contributed by atoms with Crippen LogP contribution in [0.5, 0.6) is 5.75 Å². The first-order chi connectivity index (χ1) is 20.5. The van der Waals surface area contributed by atoms with Gasteiger partial charge >= 0.3 is 11.9 Å². The number of fused-ring (bicyclic) bond motifs is 1. The number of aromatic nitrogens is 2. The van der Waals surface area contributed by atoms with Gasteiger partial charge in [-0.3, -0.25) is 9.36 Å². The number of aryl methyl sites for hydroxylation is 1. The van der Waals surface area contributed by atoms with Crippen LogP contribution in [0.4, 0.5) is 0 Å². The van der Waals surface area contributed by atoms with Crippen molar-refractivity contribution in [2.45, 2.75) is 53.7 Å². The molecule has 0 amide bonds. The summed E-state index contributed by atoms with van der Waals surface area (Å²) in [7, 11) is 0. The lowest BCUT2D eigenvalue weighted by atomic mass is 9.96. The van der Waals surface area contributed by atoms with E-state index in [1.807, 2.05) is 67.8 Å². The molecule has 0 saturated heterocycles. The number of ether oxygens (including phenoxy) is 2. The molecular formula is C33H33N3O6S. The van der Waals surface area contributed by atoms with E-state index < -0.39 is 18.0 Å². The van der Waals surface area contributed by atoms with Crippen LogP contribution in [-0.4, -0.2) is 38.9 Å². The first-order valence-electron chi connectivity index (χ1n) is 14.0. The second kappa shape index (κ2) is 11.9. The van der Waals surface area contributed by atoms with Crippen molar-refractivity contribution in [3.8, 4) is 11.4 Å². The van der Waals surface area contributed by atoms with Crippen molar-refractivity contribution in [2.75, 3.05) is 6.61 Å². The van der Waals surface area contributed by atoms with Crippen LogP contribution in [-0.2, 0) is 9.53 Å². The summed E-state index contributed by atoms with van der Waals surface area (Å²) in [6.07, 6.45) is 1.48. The zero-order valence-corrected chi connectivity index (χ0v) is 25.7. The number of carbonyl (C=O) groups excluding carboxylic acids is 1. The molecule has 0 unspecified atom stereocenters. The third-order valence-corrected chi connectivity index (χ3v) is 8.18. The Morgan fingerprint density at radius 1 is 1.09 bits per heavy atom. The molecule has 9 nitrogen and oxygen atoms in total. The van der Waals surface area contributed by atoms with E-state index >= 15 is 0 Å². The Hall–Kier alpha value is -4.70. The molecule has 0 bridgehead atoms. The maximum atomic E-state index is 14.1. The fourth-order valence-corrected chi connectivity index (χ4v) is 6.38. The molecule has 0 aliphatic carbocycles. The summed E-state index contributed by atoms with van der Waals surface area (Å²) in [5, 5.41) is 9.46. The zero-order valence-electron chi connectivity index (χ0n) is 24.9. The number of hydrogen-bond donors (Lipinski definition) is 1. The quantitative estimate of drug-likeness (QED) is 0.294. The Labute approximate surface area is 252 Å². The normalized spacial score (nSPS) is 15.0. The highest BCUT2D eigenvalue weighted by atomic mass is 32.1. The Morgan fingerprint density at radius 3 is 2.47 bits per heavy atom. The van der Waals surface area contributed by atoms with Gasteiger partial charge in [0, 0.05) is 17.1 Å². The van der Waals surface area contributed by atoms with Crippen molar-refractivity contribution in [1.29, 1.82) is 0 Å². The standard InChI is InChI=1S/C33H33N3O6S/c1-7-41-26-13-11-22(12-14-26)29-28(32(40)42-18(2)3)20(5)34-33-36(29)30(37)27(43-33)17-24-15-19(4)35(21(24)6)25-10-8-9-23(16-25)31(38)39/h8-18,29H,7H2,1-6H3,(H,38,39)/b27-17+/t29-/m1/s1. The van der Waals surface area contributed by atoms with Crippen LogP contribution in [0.25, 0.3) is 11.8 Å². The fourth-order valence-electron chi connectivity index (χ4n) is 5.34. The summed E-state index contributed by atoms with van der Waals surface area (Å²) in [4.78, 5) is 44.1. The third kappa shape index (κ3) is 5.70. The molecule has 222 valence electrons. The number of hydrogen-bond acceptors (Lipinski definition) is 7. The molecule has 10 heteroatoms. The van der Waals surface area contributed by atoms with Gasteiger partial charge in [-0.25, -0.2) is 14.6 Å². The number of rotatable bonds is 8. The van der Waals surface area contributed by atoms with Gasteiger partial charge in [0.15, 0.2) is 4.80 Å². The van der Waals surface area contributed by atoms with Gasteiger partial charge in [0.25, 0.3) is 5.56 Å². The SMILES string of the molecule is CCOc1ccc([C@@H]2C(C(=O)OC(C)C)=C(C)N=c3s/c(=C/c4cc(C)n(-c5cccc(C(=O)O)c5)c4C)c(=O)n32)cc1. The molecule has 43 heavy (non-hydrogen) atoms. The minimum Gasteiger partial charge on any atom is -0.494 e. The predicted octanol–water partition coefficient (Wildman–Crippen LogP) is 4.69. The van der Waals surface area contributed by atoms with Gasteiger partial charge in [0.05, 0.1) is 40.1 Å². The van der Waals surface area contributed by atoms with Crippen LogP contribution in [0.1, 0.15) is 66.6 Å². The number of carboxylic acids is 1. The average molecular weight is 600 g/mol. The lowest BCUT2D eigenvalue weighted by molar-refractivity contribution is -0.143. The minimum atomic E-state index is -1.00. The Morgan fingerprint density at radius 2 is 1.81 bits per heavy atom. The van der Waals surface area contributed by atoms with Gasteiger partial charge < -0.3 is 19.1 Å². The van der Waals surface area contributed by atoms with Gasteiger partial charge in [-0.05, 0) is 95.1 Å². The molecule has 1 aliphatic rings. The molecule has 1 N–H and O–H groups in total. The number of nitrogens with zero attached hydrogens (tertiary/aromatic N) is 3. The molecule has 0 fully saturated rings. The van der Waals surface area contributed by atoms with Crippen molar-refractivity contribution in [1.82, 2.24) is 9.13 Å². The largest absolute Gasteiger partial charge is 0.494 e. The van der Waals surface area contributed by atoms with E-state index in [4.69, 9.17) is 9.47 Å². The lowest BCUT2D eigenvalue weighted by Crippen LogP contribution is -2.40. The molecule has 2 aromatic heterocycles. The van der Waals surface area contributed by atoms with E-state index in [9.17, 15) is 19.5 Å². The van der Waals surface area contributed by atoms with Gasteiger partial charge in [-0.1, -0.05) is 29.5 Å². The smallest absolute Gasteiger partial charge is 0.338 e. The summed E-state index contributed by atoms with van der Waals surface area (Å²) < 4.78 is 15.2. The van der Waals surface area contributed by atoms with Crippen LogP contribution >= 0.6 is 11.3 Å². The number of carbonyl (C=O) groups is 2. The second-order valence-electron chi connectivity index (χ2n) is 10.6. The maximum absolute atomic E-state index is 14.1. The molecule has 0 radical (unpaired) electrons. The Kier molecular flexibility index (Phi) is 8.23. The monoisotopic (exact) mass is 599 g/mol. The summed E-state index contributed by atoms with van der Waals surface area (Å²) in [5.41, 5.74) is 4.73. The van der Waals surface area contributed by atoms with Crippen LogP contribution in [0.3, 0.4) is 0 Å². The summed E-state index contributed by atoms with van der Waals surface area (Å²) in [6, 6.07) is 15.3. The topological polar surface area (TPSA) is 112 Å². The van der Waals surface area contributed by atoms with Crippen LogP contribution in [0, 0.1) is 13.8 Å². The summed E-state index contributed by atoms with van der Waals surface area (Å²) in [6.45, 7) is 11.6. The van der Waals surface area contributed by atoms with E-state index in [0.29, 0.717) is 33.0 Å². The van der Waals surface area contributed by atoms with Crippen LogP contribution < -0.4 is 19.6 Å². The molecule has 0 spiro atoms. The number of carboxylic acid groups (broad SMARTS) is 1. The molecule has 0 saturated carbocycles. The summed E-state index contributed by atoms with van der Waals surface area (Å²) >= 11 is 1.25. The Bertz CT molecular complexity index is 1940. The van der Waals surface area contributed by atoms with Gasteiger partial charge in [-0.15, -0.1) is 0 Å². The number of thiazole rings is 1. The highest BCUT2D eigenvalue weighted by Crippen LogP contribution is 2.32. The first kappa shape index (κ1) is 29.8. The molecular weight excluding hydrogens is 566 g/mol. The van der Waals surface area contributed by atoms with Crippen molar-refractivity contribution in [3.05, 3.63) is 114 Å². The molecule has 5 rings (SSSR count). The summed E-state index contributed by atoms with van der Waals surface area (Å²) in [5.74, 6) is -0.828. The zero-order chi connectivity index (χ0) is 31.0. The maximum Gasteiger partial charge on any atom is 0.338 e. The van der Waals surface area contributed by atoms with Gasteiger partial charge in [0.2, 0.25) is 0 Å². The van der Waals surface area contributed by atoms with Crippen LogP contribution in [0.2, 0.25) is 0 Å². The van der Waals surface area contributed by atoms with E-state index in [1.54, 1.807) is 43.5 Å². The highest BCUT2D eigenvalue weighted by molar-refractivity contribution is 7.07. The highest BCUT2D eigenvalue weighted by Gasteiger charge is 2.34. The van der Waals surface area contributed by atoms with E-state index in [2.05, 4.69) is 4.99 Å². The van der Waals surface area contributed by atoms with Crippen molar-refractivity contribution >= 4 is 29.4 Å². The predicted molar refractivity (Wildman–Crippen MR) is 165 cm³/mol. The molecule has 2 aromatic carbocycles. The fraction of sp³-hybridized carbons (Fsp3) is 0.273. The number of esters is 1. The van der Waals surface area contributed by atoms with Crippen LogP contribution in [0.15, 0.2) is 75.7 Å². The molecule has 1 aliphatic heterocycles. The number of allylic oxidation sites excluding steroid dienone is 1. The average Bonchev–Trinajstić information content (AvgIpc) is 3.41. The first-order valence-corrected chi connectivity index (χ1v) is 14.8. The van der Waals surface area contributed by atoms with Gasteiger partial charge in [0.1, 0.15) is 5.75 Å². The Balaban J connectivity index is 1.66. The molecule has 4 aromatic rings. The number of benzene rings is 2. The second-order valence-corrected chi connectivity index (χ2v) is 11.6. The third-order valence-electron chi connectivity index (χ3n) is 7.20. The van der Waals surface area contributed by atoms with E-state index in [1.165, 1.54) is 11.3 Å². The van der Waals surface area contributed by atoms with Crippen molar-refractivity contribution in [3.63, 3.8) is 0 Å². The molecule has 3 heterocycles. The lowest BCUT2D eigenvalue weighted by Gasteiger charge is -2.25. The number of aromatic carboxylic acids is 1. The van der Waals surface area contributed by atoms with Crippen molar-refractivity contribution < 1.29 is 24.2 Å². The van der Waals surface area contributed by atoms with E-state index in [-0.39, 0.29) is 17.2 Å².